The average molecular weight is 371 g/mol. The topological polar surface area (TPSA) is 67.9 Å². The maximum Gasteiger partial charge on any atom is 0.356 e. The second kappa shape index (κ2) is 6.93. The molecule has 5 heteroatoms. The summed E-state index contributed by atoms with van der Waals surface area (Å²) in [5.41, 5.74) is 8.82. The van der Waals surface area contributed by atoms with Gasteiger partial charge in [0.1, 0.15) is 5.69 Å². The standard InChI is InChI=1S/C23H21N3O2/c1-13-9-18(10-14(2)25-13)22-15(3)19-7-5-16(11-21(19)26-22)17-6-8-20(24-12-17)23(27)28-4/h5-12,26H,1-4H3. The van der Waals surface area contributed by atoms with Gasteiger partial charge in [0.2, 0.25) is 0 Å². The Morgan fingerprint density at radius 1 is 0.929 bits per heavy atom. The number of aromatic nitrogens is 3. The van der Waals surface area contributed by atoms with Crippen LogP contribution in [0.15, 0.2) is 48.7 Å². The van der Waals surface area contributed by atoms with Gasteiger partial charge in [-0.1, -0.05) is 18.2 Å². The van der Waals surface area contributed by atoms with Crippen LogP contribution >= 0.6 is 0 Å². The third-order valence-corrected chi connectivity index (χ3v) is 4.92. The van der Waals surface area contributed by atoms with Gasteiger partial charge in [-0.05, 0) is 56.2 Å². The van der Waals surface area contributed by atoms with Crippen LogP contribution in [0.1, 0.15) is 27.4 Å². The van der Waals surface area contributed by atoms with E-state index in [-0.39, 0.29) is 0 Å². The fourth-order valence-corrected chi connectivity index (χ4v) is 3.57. The summed E-state index contributed by atoms with van der Waals surface area (Å²) in [5.74, 6) is -0.436. The van der Waals surface area contributed by atoms with Crippen molar-refractivity contribution in [2.24, 2.45) is 0 Å². The largest absolute Gasteiger partial charge is 0.464 e. The first kappa shape index (κ1) is 17.9. The summed E-state index contributed by atoms with van der Waals surface area (Å²) in [7, 11) is 1.35. The summed E-state index contributed by atoms with van der Waals surface area (Å²) in [6, 6.07) is 14.1. The van der Waals surface area contributed by atoms with E-state index in [4.69, 9.17) is 4.74 Å². The van der Waals surface area contributed by atoms with Crippen LogP contribution in [0.3, 0.4) is 0 Å². The minimum Gasteiger partial charge on any atom is -0.464 e. The maximum atomic E-state index is 11.6. The van der Waals surface area contributed by atoms with Crippen molar-refractivity contribution in [1.29, 1.82) is 0 Å². The van der Waals surface area contributed by atoms with Crippen molar-refractivity contribution >= 4 is 16.9 Å². The summed E-state index contributed by atoms with van der Waals surface area (Å²) in [5, 5.41) is 1.19. The summed E-state index contributed by atoms with van der Waals surface area (Å²) in [6.07, 6.45) is 1.69. The maximum absolute atomic E-state index is 11.6. The van der Waals surface area contributed by atoms with E-state index in [1.165, 1.54) is 18.1 Å². The Morgan fingerprint density at radius 3 is 2.29 bits per heavy atom. The van der Waals surface area contributed by atoms with Crippen molar-refractivity contribution in [3.8, 4) is 22.4 Å². The number of aromatic amines is 1. The molecule has 3 heterocycles. The highest BCUT2D eigenvalue weighted by molar-refractivity contribution is 5.93. The molecule has 0 spiro atoms. The van der Waals surface area contributed by atoms with Crippen LogP contribution in [-0.2, 0) is 4.74 Å². The lowest BCUT2D eigenvalue weighted by atomic mass is 10.0. The van der Waals surface area contributed by atoms with E-state index in [1.54, 1.807) is 12.3 Å². The highest BCUT2D eigenvalue weighted by atomic mass is 16.5. The Labute approximate surface area is 163 Å². The molecule has 3 aromatic heterocycles. The number of nitrogens with zero attached hydrogens (tertiary/aromatic N) is 2. The molecule has 0 bridgehead atoms. The lowest BCUT2D eigenvalue weighted by molar-refractivity contribution is 0.0594. The molecule has 0 aliphatic carbocycles. The first-order valence-electron chi connectivity index (χ1n) is 9.09. The molecular weight excluding hydrogens is 350 g/mol. The molecule has 0 saturated carbocycles. The van der Waals surface area contributed by atoms with Gasteiger partial charge in [-0.25, -0.2) is 9.78 Å². The highest BCUT2D eigenvalue weighted by Gasteiger charge is 2.12. The number of pyridine rings is 2. The van der Waals surface area contributed by atoms with Gasteiger partial charge in [0.15, 0.2) is 0 Å². The molecule has 0 amide bonds. The SMILES string of the molecule is COC(=O)c1ccc(-c2ccc3c(C)c(-c4cc(C)nc(C)c4)[nH]c3c2)cn1. The number of aryl methyl sites for hydroxylation is 3. The number of esters is 1. The van der Waals surface area contributed by atoms with Crippen molar-refractivity contribution in [2.45, 2.75) is 20.8 Å². The second-order valence-electron chi connectivity index (χ2n) is 6.95. The predicted octanol–water partition coefficient (Wildman–Crippen LogP) is 5.00. The van der Waals surface area contributed by atoms with Crippen LogP contribution in [-0.4, -0.2) is 28.0 Å². The Balaban J connectivity index is 1.76. The monoisotopic (exact) mass is 371 g/mol. The lowest BCUT2D eigenvalue weighted by Crippen LogP contribution is -2.03. The Hall–Kier alpha value is -3.47. The molecule has 0 saturated heterocycles. The van der Waals surface area contributed by atoms with E-state index in [2.05, 4.69) is 52.2 Å². The molecule has 0 aliphatic heterocycles. The van der Waals surface area contributed by atoms with Crippen LogP contribution in [0.4, 0.5) is 0 Å². The number of rotatable bonds is 3. The fraction of sp³-hybridized carbons (Fsp3) is 0.174. The first-order valence-corrected chi connectivity index (χ1v) is 9.09. The number of nitrogens with one attached hydrogen (secondary N) is 1. The van der Waals surface area contributed by atoms with Gasteiger partial charge < -0.3 is 9.72 Å². The van der Waals surface area contributed by atoms with Crippen LogP contribution in [0, 0.1) is 20.8 Å². The van der Waals surface area contributed by atoms with Gasteiger partial charge in [-0.15, -0.1) is 0 Å². The fourth-order valence-electron chi connectivity index (χ4n) is 3.57. The third kappa shape index (κ3) is 3.16. The van der Waals surface area contributed by atoms with Gasteiger partial charge >= 0.3 is 5.97 Å². The minimum absolute atomic E-state index is 0.300. The smallest absolute Gasteiger partial charge is 0.356 e. The Bertz CT molecular complexity index is 1170. The second-order valence-corrected chi connectivity index (χ2v) is 6.95. The number of ether oxygens (including phenoxy) is 1. The van der Waals surface area contributed by atoms with E-state index >= 15 is 0 Å². The minimum atomic E-state index is -0.436. The van der Waals surface area contributed by atoms with Crippen molar-refractivity contribution < 1.29 is 9.53 Å². The van der Waals surface area contributed by atoms with Gasteiger partial charge in [-0.3, -0.25) is 4.98 Å². The summed E-state index contributed by atoms with van der Waals surface area (Å²) < 4.78 is 4.70. The predicted molar refractivity (Wildman–Crippen MR) is 110 cm³/mol. The summed E-state index contributed by atoms with van der Waals surface area (Å²) in [4.78, 5) is 23.8. The van der Waals surface area contributed by atoms with Gasteiger partial charge in [0.25, 0.3) is 0 Å². The Morgan fingerprint density at radius 2 is 1.64 bits per heavy atom. The molecular formula is C23H21N3O2. The number of carbonyl (C=O) groups excluding carboxylic acids is 1. The molecule has 5 nitrogen and oxygen atoms in total. The summed E-state index contributed by atoms with van der Waals surface area (Å²) in [6.45, 7) is 6.15. The third-order valence-electron chi connectivity index (χ3n) is 4.92. The molecule has 4 rings (SSSR count). The van der Waals surface area contributed by atoms with Crippen LogP contribution < -0.4 is 0 Å². The van der Waals surface area contributed by atoms with Crippen LogP contribution in [0.5, 0.6) is 0 Å². The normalized spacial score (nSPS) is 11.0. The quantitative estimate of drug-likeness (QED) is 0.514. The highest BCUT2D eigenvalue weighted by Crippen LogP contribution is 2.32. The van der Waals surface area contributed by atoms with E-state index in [0.717, 1.165) is 39.3 Å². The van der Waals surface area contributed by atoms with Crippen molar-refractivity contribution in [1.82, 2.24) is 15.0 Å². The van der Waals surface area contributed by atoms with Crippen molar-refractivity contribution in [2.75, 3.05) is 7.11 Å². The van der Waals surface area contributed by atoms with E-state index in [9.17, 15) is 4.79 Å². The number of hydrogen-bond donors (Lipinski definition) is 1. The number of methoxy groups -OCH3 is 1. The average Bonchev–Trinajstić information content (AvgIpc) is 3.03. The van der Waals surface area contributed by atoms with Gasteiger partial charge in [0, 0.05) is 45.3 Å². The van der Waals surface area contributed by atoms with E-state index in [0.29, 0.717) is 5.69 Å². The molecule has 28 heavy (non-hydrogen) atoms. The Kier molecular flexibility index (Phi) is 4.43. The summed E-state index contributed by atoms with van der Waals surface area (Å²) >= 11 is 0. The van der Waals surface area contributed by atoms with Gasteiger partial charge in [-0.2, -0.15) is 0 Å². The lowest BCUT2D eigenvalue weighted by Gasteiger charge is -2.04. The zero-order valence-electron chi connectivity index (χ0n) is 16.3. The number of H-pyrrole nitrogens is 1. The number of hydrogen-bond acceptors (Lipinski definition) is 4. The zero-order valence-corrected chi connectivity index (χ0v) is 16.3. The van der Waals surface area contributed by atoms with Crippen LogP contribution in [0.2, 0.25) is 0 Å². The number of carbonyl (C=O) groups is 1. The molecule has 0 unspecified atom stereocenters. The van der Waals surface area contributed by atoms with E-state index < -0.39 is 5.97 Å². The molecule has 1 N–H and O–H groups in total. The van der Waals surface area contributed by atoms with Gasteiger partial charge in [0.05, 0.1) is 7.11 Å². The number of fused-ring (bicyclic) bond motifs is 1. The molecule has 0 fully saturated rings. The zero-order chi connectivity index (χ0) is 19.8. The molecule has 0 aliphatic rings. The number of benzene rings is 1. The molecule has 1 aromatic carbocycles. The van der Waals surface area contributed by atoms with Crippen molar-refractivity contribution in [3.63, 3.8) is 0 Å². The molecule has 0 atom stereocenters. The molecule has 0 radical (unpaired) electrons. The van der Waals surface area contributed by atoms with Crippen molar-refractivity contribution in [3.05, 3.63) is 71.3 Å². The first-order chi connectivity index (χ1) is 13.5. The van der Waals surface area contributed by atoms with Crippen LogP contribution in [0.25, 0.3) is 33.3 Å². The molecule has 140 valence electrons. The molecule has 4 aromatic rings. The van der Waals surface area contributed by atoms with E-state index in [1.807, 2.05) is 19.9 Å².